The highest BCUT2D eigenvalue weighted by Crippen LogP contribution is 2.43. The molecule has 1 amide bonds. The van der Waals surface area contributed by atoms with E-state index in [2.05, 4.69) is 4.98 Å². The average molecular weight is 501 g/mol. The first-order valence-electron chi connectivity index (χ1n) is 11.7. The second kappa shape index (κ2) is 9.81. The van der Waals surface area contributed by atoms with Crippen molar-refractivity contribution in [1.82, 2.24) is 9.88 Å². The van der Waals surface area contributed by atoms with Crippen molar-refractivity contribution in [3.63, 3.8) is 0 Å². The Hall–Kier alpha value is -4.59. The molecule has 8 heteroatoms. The Bertz CT molecular complexity index is 1520. The first-order chi connectivity index (χ1) is 17.9. The molecule has 0 aliphatic carbocycles. The molecule has 1 atom stereocenters. The number of carbonyl (C=O) groups is 2. The van der Waals surface area contributed by atoms with Crippen LogP contribution in [0.2, 0.25) is 0 Å². The molecule has 188 valence electrons. The van der Waals surface area contributed by atoms with Crippen LogP contribution in [0.15, 0.2) is 78.5 Å². The molecule has 0 spiro atoms. The maximum absolute atomic E-state index is 13.5. The van der Waals surface area contributed by atoms with Crippen molar-refractivity contribution in [2.24, 2.45) is 0 Å². The number of ether oxygens (including phenoxy) is 2. The summed E-state index contributed by atoms with van der Waals surface area (Å²) in [5, 5.41) is 12.2. The van der Waals surface area contributed by atoms with Crippen LogP contribution in [-0.2, 0) is 16.0 Å². The SMILES string of the molecule is COc1ccc(C2/C(=C(\O)c3ccc(F)cc3)C(=O)C(=O)N2CCc2c[nH]c3ccccc23)c(OC)c1. The number of aliphatic hydroxyl groups is 1. The van der Waals surface area contributed by atoms with Crippen LogP contribution >= 0.6 is 0 Å². The summed E-state index contributed by atoms with van der Waals surface area (Å²) in [6.45, 7) is 0.215. The minimum Gasteiger partial charge on any atom is -0.507 e. The molecule has 0 radical (unpaired) electrons. The van der Waals surface area contributed by atoms with Gasteiger partial charge in [-0.1, -0.05) is 18.2 Å². The lowest BCUT2D eigenvalue weighted by Crippen LogP contribution is -2.31. The molecule has 1 unspecified atom stereocenters. The van der Waals surface area contributed by atoms with Crippen LogP contribution in [-0.4, -0.2) is 47.4 Å². The van der Waals surface area contributed by atoms with E-state index in [-0.39, 0.29) is 23.4 Å². The zero-order valence-corrected chi connectivity index (χ0v) is 20.3. The number of hydrogen-bond acceptors (Lipinski definition) is 5. The normalized spacial score (nSPS) is 16.9. The van der Waals surface area contributed by atoms with Crippen molar-refractivity contribution in [2.75, 3.05) is 20.8 Å². The van der Waals surface area contributed by atoms with Crippen molar-refractivity contribution in [3.8, 4) is 11.5 Å². The number of nitrogens with zero attached hydrogens (tertiary/aromatic N) is 1. The molecule has 1 aromatic heterocycles. The monoisotopic (exact) mass is 500 g/mol. The Morgan fingerprint density at radius 1 is 1.03 bits per heavy atom. The van der Waals surface area contributed by atoms with Crippen LogP contribution in [0.1, 0.15) is 22.7 Å². The molecular weight excluding hydrogens is 475 g/mol. The molecule has 7 nitrogen and oxygen atoms in total. The molecule has 1 aliphatic heterocycles. The number of nitrogens with one attached hydrogen (secondary N) is 1. The number of aromatic amines is 1. The van der Waals surface area contributed by atoms with E-state index in [1.807, 2.05) is 30.5 Å². The van der Waals surface area contributed by atoms with Crippen LogP contribution in [0, 0.1) is 5.82 Å². The van der Waals surface area contributed by atoms with E-state index in [0.717, 1.165) is 16.5 Å². The van der Waals surface area contributed by atoms with Crippen LogP contribution in [0.25, 0.3) is 16.7 Å². The summed E-state index contributed by atoms with van der Waals surface area (Å²) < 4.78 is 24.4. The predicted octanol–water partition coefficient (Wildman–Crippen LogP) is 4.99. The van der Waals surface area contributed by atoms with Crippen molar-refractivity contribution in [1.29, 1.82) is 0 Å². The van der Waals surface area contributed by atoms with Gasteiger partial charge in [-0.2, -0.15) is 0 Å². The molecule has 5 rings (SSSR count). The molecule has 2 N–H and O–H groups in total. The van der Waals surface area contributed by atoms with Gasteiger partial charge in [-0.25, -0.2) is 4.39 Å². The number of amides is 1. The summed E-state index contributed by atoms with van der Waals surface area (Å²) >= 11 is 0. The van der Waals surface area contributed by atoms with Crippen LogP contribution < -0.4 is 9.47 Å². The predicted molar refractivity (Wildman–Crippen MR) is 137 cm³/mol. The topological polar surface area (TPSA) is 91.9 Å². The fraction of sp³-hybridized carbons (Fsp3) is 0.172. The second-order valence-corrected chi connectivity index (χ2v) is 8.72. The number of rotatable bonds is 7. The van der Waals surface area contributed by atoms with Crippen molar-refractivity contribution in [3.05, 3.63) is 101 Å². The van der Waals surface area contributed by atoms with Crippen molar-refractivity contribution < 1.29 is 28.6 Å². The number of methoxy groups -OCH3 is 2. The molecule has 1 fully saturated rings. The highest BCUT2D eigenvalue weighted by molar-refractivity contribution is 6.46. The van der Waals surface area contributed by atoms with Gasteiger partial charge < -0.3 is 24.5 Å². The summed E-state index contributed by atoms with van der Waals surface area (Å²) in [5.74, 6) is -1.47. The number of carbonyl (C=O) groups excluding carboxylic acids is 2. The maximum atomic E-state index is 13.5. The van der Waals surface area contributed by atoms with E-state index in [9.17, 15) is 19.1 Å². The number of aromatic nitrogens is 1. The highest BCUT2D eigenvalue weighted by Gasteiger charge is 2.47. The average Bonchev–Trinajstić information content (AvgIpc) is 3.45. The molecule has 4 aromatic rings. The second-order valence-electron chi connectivity index (χ2n) is 8.72. The van der Waals surface area contributed by atoms with Gasteiger partial charge in [-0.3, -0.25) is 9.59 Å². The van der Waals surface area contributed by atoms with E-state index in [0.29, 0.717) is 23.5 Å². The molecular formula is C29H25FN2O5. The summed E-state index contributed by atoms with van der Waals surface area (Å²) in [7, 11) is 3.01. The quantitative estimate of drug-likeness (QED) is 0.212. The van der Waals surface area contributed by atoms with Crippen molar-refractivity contribution in [2.45, 2.75) is 12.5 Å². The number of para-hydroxylation sites is 1. The van der Waals surface area contributed by atoms with Gasteiger partial charge in [-0.15, -0.1) is 0 Å². The Kier molecular flexibility index (Phi) is 6.40. The third-order valence-corrected chi connectivity index (χ3v) is 6.69. The van der Waals surface area contributed by atoms with E-state index >= 15 is 0 Å². The minimum atomic E-state index is -0.920. The largest absolute Gasteiger partial charge is 0.507 e. The minimum absolute atomic E-state index is 0.0843. The summed E-state index contributed by atoms with van der Waals surface area (Å²) in [5.41, 5.74) is 2.64. The van der Waals surface area contributed by atoms with Gasteiger partial charge in [0.25, 0.3) is 11.7 Å². The molecule has 1 aliphatic rings. The van der Waals surface area contributed by atoms with Crippen LogP contribution in [0.3, 0.4) is 0 Å². The van der Waals surface area contributed by atoms with Gasteiger partial charge in [0.15, 0.2) is 0 Å². The first-order valence-corrected chi connectivity index (χ1v) is 11.7. The third kappa shape index (κ3) is 4.31. The van der Waals surface area contributed by atoms with Gasteiger partial charge in [-0.05, 0) is 54.4 Å². The van der Waals surface area contributed by atoms with Gasteiger partial charge >= 0.3 is 0 Å². The Balaban J connectivity index is 1.61. The smallest absolute Gasteiger partial charge is 0.295 e. The number of ketones is 1. The Morgan fingerprint density at radius 3 is 2.51 bits per heavy atom. The summed E-state index contributed by atoms with van der Waals surface area (Å²) in [6, 6.07) is 17.1. The number of benzene rings is 3. The lowest BCUT2D eigenvalue weighted by molar-refractivity contribution is -0.139. The van der Waals surface area contributed by atoms with Crippen molar-refractivity contribution >= 4 is 28.4 Å². The number of hydrogen-bond donors (Lipinski definition) is 2. The lowest BCUT2D eigenvalue weighted by Gasteiger charge is -2.27. The Labute approximate surface area is 212 Å². The van der Waals surface area contributed by atoms with E-state index < -0.39 is 23.5 Å². The van der Waals surface area contributed by atoms with E-state index in [1.54, 1.807) is 18.2 Å². The molecule has 3 aromatic carbocycles. The highest BCUT2D eigenvalue weighted by atomic mass is 19.1. The number of likely N-dealkylation sites (tertiary alicyclic amines) is 1. The summed E-state index contributed by atoms with van der Waals surface area (Å²) in [4.78, 5) is 31.3. The van der Waals surface area contributed by atoms with Gasteiger partial charge in [0.2, 0.25) is 0 Å². The zero-order valence-electron chi connectivity index (χ0n) is 20.3. The first kappa shape index (κ1) is 24.1. The van der Waals surface area contributed by atoms with E-state index in [1.165, 1.54) is 43.4 Å². The van der Waals surface area contributed by atoms with Crippen LogP contribution in [0.4, 0.5) is 4.39 Å². The zero-order chi connectivity index (χ0) is 26.1. The lowest BCUT2D eigenvalue weighted by atomic mass is 9.94. The molecule has 0 saturated carbocycles. The van der Waals surface area contributed by atoms with Gasteiger partial charge in [0.05, 0.1) is 25.8 Å². The Morgan fingerprint density at radius 2 is 1.78 bits per heavy atom. The molecule has 37 heavy (non-hydrogen) atoms. The van der Waals surface area contributed by atoms with Gasteiger partial charge in [0, 0.05) is 40.8 Å². The molecule has 1 saturated heterocycles. The number of Topliss-reactive ketones (excluding diaryl/α,β-unsaturated/α-hetero) is 1. The van der Waals surface area contributed by atoms with Crippen LogP contribution in [0.5, 0.6) is 11.5 Å². The van der Waals surface area contributed by atoms with E-state index in [4.69, 9.17) is 9.47 Å². The summed E-state index contributed by atoms with van der Waals surface area (Å²) in [6.07, 6.45) is 2.37. The standard InChI is InChI=1S/C29H25FN2O5/c1-36-20-11-12-22(24(15-20)37-2)26-25(27(33)17-7-9-19(30)10-8-17)28(34)29(35)32(26)14-13-18-16-31-23-6-4-3-5-21(18)23/h3-12,15-16,26,31,33H,13-14H2,1-2H3/b27-25+. The maximum Gasteiger partial charge on any atom is 0.295 e. The number of fused-ring (bicyclic) bond motifs is 1. The molecule has 0 bridgehead atoms. The fourth-order valence-corrected chi connectivity index (χ4v) is 4.82. The van der Waals surface area contributed by atoms with Gasteiger partial charge in [0.1, 0.15) is 23.1 Å². The number of H-pyrrole nitrogens is 1. The third-order valence-electron chi connectivity index (χ3n) is 6.69. The number of aliphatic hydroxyl groups excluding tert-OH is 1. The fourth-order valence-electron chi connectivity index (χ4n) is 4.82. The molecule has 2 heterocycles. The number of halogens is 1.